The molecule has 0 radical (unpaired) electrons. The number of nitrogens with one attached hydrogen (secondary N) is 1. The van der Waals surface area contributed by atoms with Gasteiger partial charge in [0.1, 0.15) is 0 Å². The number of thioether (sulfide) groups is 1. The summed E-state index contributed by atoms with van der Waals surface area (Å²) in [6.45, 7) is 0.391. The summed E-state index contributed by atoms with van der Waals surface area (Å²) in [6, 6.07) is 2.04. The third-order valence-electron chi connectivity index (χ3n) is 2.92. The first-order chi connectivity index (χ1) is 8.18. The van der Waals surface area contributed by atoms with Crippen molar-refractivity contribution in [3.05, 3.63) is 22.4 Å². The fourth-order valence-electron chi connectivity index (χ4n) is 1.78. The van der Waals surface area contributed by atoms with Gasteiger partial charge in [0.25, 0.3) is 0 Å². The fraction of sp³-hybridized carbons (Fsp3) is 0.583. The standard InChI is InChI=1S/C12H17NO2S2/c14-11(2-1-10-3-5-16-7-10)13-8-12(15)4-6-17-9-12/h3,5,7,15H,1-2,4,6,8-9H2,(H,13,14)/t12-/m0/s1. The molecule has 94 valence electrons. The Labute approximate surface area is 110 Å². The Morgan fingerprint density at radius 3 is 3.12 bits per heavy atom. The number of amides is 1. The predicted molar refractivity (Wildman–Crippen MR) is 72.5 cm³/mol. The van der Waals surface area contributed by atoms with Crippen molar-refractivity contribution >= 4 is 29.0 Å². The number of aryl methyl sites for hydroxylation is 1. The van der Waals surface area contributed by atoms with Crippen LogP contribution in [0.1, 0.15) is 18.4 Å². The lowest BCUT2D eigenvalue weighted by molar-refractivity contribution is -0.122. The van der Waals surface area contributed by atoms with Gasteiger partial charge in [0, 0.05) is 18.7 Å². The van der Waals surface area contributed by atoms with Gasteiger partial charge in [0.05, 0.1) is 5.60 Å². The van der Waals surface area contributed by atoms with E-state index in [-0.39, 0.29) is 5.91 Å². The highest BCUT2D eigenvalue weighted by Crippen LogP contribution is 2.26. The molecule has 1 aromatic heterocycles. The summed E-state index contributed by atoms with van der Waals surface area (Å²) in [5.74, 6) is 1.75. The average molecular weight is 271 g/mol. The van der Waals surface area contributed by atoms with Crippen molar-refractivity contribution < 1.29 is 9.90 Å². The third-order valence-corrected chi connectivity index (χ3v) is 4.88. The Morgan fingerprint density at radius 2 is 2.47 bits per heavy atom. The second-order valence-electron chi connectivity index (χ2n) is 4.44. The van der Waals surface area contributed by atoms with Crippen molar-refractivity contribution in [3.63, 3.8) is 0 Å². The number of carbonyl (C=O) groups excluding carboxylic acids is 1. The summed E-state index contributed by atoms with van der Waals surface area (Å²) < 4.78 is 0. The van der Waals surface area contributed by atoms with Crippen LogP contribution in [0.25, 0.3) is 0 Å². The molecule has 1 atom stereocenters. The molecule has 17 heavy (non-hydrogen) atoms. The molecule has 1 aliphatic rings. The molecule has 2 heterocycles. The predicted octanol–water partition coefficient (Wildman–Crippen LogP) is 1.66. The van der Waals surface area contributed by atoms with Crippen molar-refractivity contribution in [2.24, 2.45) is 0 Å². The Balaban J connectivity index is 1.67. The molecule has 0 saturated carbocycles. The first-order valence-corrected chi connectivity index (χ1v) is 7.86. The minimum Gasteiger partial charge on any atom is -0.387 e. The molecule has 1 aliphatic heterocycles. The molecule has 0 aliphatic carbocycles. The van der Waals surface area contributed by atoms with E-state index < -0.39 is 5.60 Å². The normalized spacial score (nSPS) is 23.8. The molecule has 5 heteroatoms. The van der Waals surface area contributed by atoms with Gasteiger partial charge in [-0.1, -0.05) is 0 Å². The summed E-state index contributed by atoms with van der Waals surface area (Å²) in [5.41, 5.74) is 0.531. The second kappa shape index (κ2) is 5.89. The van der Waals surface area contributed by atoms with E-state index in [0.717, 1.165) is 24.3 Å². The van der Waals surface area contributed by atoms with Crippen LogP contribution in [0.2, 0.25) is 0 Å². The lowest BCUT2D eigenvalue weighted by Crippen LogP contribution is -2.42. The van der Waals surface area contributed by atoms with Crippen molar-refractivity contribution in [3.8, 4) is 0 Å². The molecule has 0 spiro atoms. The maximum atomic E-state index is 11.6. The molecule has 1 aromatic rings. The van der Waals surface area contributed by atoms with E-state index in [4.69, 9.17) is 0 Å². The molecule has 0 aromatic carbocycles. The van der Waals surface area contributed by atoms with Gasteiger partial charge in [-0.25, -0.2) is 0 Å². The molecule has 2 N–H and O–H groups in total. The molecular formula is C12H17NO2S2. The van der Waals surface area contributed by atoms with E-state index in [9.17, 15) is 9.90 Å². The van der Waals surface area contributed by atoms with Gasteiger partial charge in [0.15, 0.2) is 0 Å². The quantitative estimate of drug-likeness (QED) is 0.856. The van der Waals surface area contributed by atoms with Crippen LogP contribution in [0.5, 0.6) is 0 Å². The topological polar surface area (TPSA) is 49.3 Å². The Bertz CT molecular complexity index is 359. The first-order valence-electron chi connectivity index (χ1n) is 5.76. The van der Waals surface area contributed by atoms with Gasteiger partial charge < -0.3 is 10.4 Å². The van der Waals surface area contributed by atoms with Crippen LogP contribution in [0, 0.1) is 0 Å². The fourth-order valence-corrected chi connectivity index (χ4v) is 3.78. The molecule has 3 nitrogen and oxygen atoms in total. The lowest BCUT2D eigenvalue weighted by atomic mass is 10.0. The van der Waals surface area contributed by atoms with Crippen molar-refractivity contribution in [1.29, 1.82) is 0 Å². The smallest absolute Gasteiger partial charge is 0.220 e. The van der Waals surface area contributed by atoms with E-state index >= 15 is 0 Å². The maximum absolute atomic E-state index is 11.6. The Morgan fingerprint density at radius 1 is 1.59 bits per heavy atom. The number of hydrogen-bond acceptors (Lipinski definition) is 4. The SMILES string of the molecule is O=C(CCc1ccsc1)NC[C@@]1(O)CCSC1. The zero-order valence-electron chi connectivity index (χ0n) is 9.65. The summed E-state index contributed by atoms with van der Waals surface area (Å²) in [4.78, 5) is 11.6. The molecular weight excluding hydrogens is 254 g/mol. The zero-order valence-corrected chi connectivity index (χ0v) is 11.3. The number of rotatable bonds is 5. The van der Waals surface area contributed by atoms with Crippen LogP contribution in [0.3, 0.4) is 0 Å². The van der Waals surface area contributed by atoms with Gasteiger partial charge in [-0.15, -0.1) is 0 Å². The lowest BCUT2D eigenvalue weighted by Gasteiger charge is -2.21. The number of carbonyl (C=O) groups is 1. The van der Waals surface area contributed by atoms with Crippen LogP contribution >= 0.6 is 23.1 Å². The Kier molecular flexibility index (Phi) is 4.48. The molecule has 2 rings (SSSR count). The van der Waals surface area contributed by atoms with Gasteiger partial charge >= 0.3 is 0 Å². The van der Waals surface area contributed by atoms with Crippen molar-refractivity contribution in [1.82, 2.24) is 5.32 Å². The number of hydrogen-bond donors (Lipinski definition) is 2. The summed E-state index contributed by atoms with van der Waals surface area (Å²) >= 11 is 3.39. The molecule has 0 unspecified atom stereocenters. The largest absolute Gasteiger partial charge is 0.387 e. The van der Waals surface area contributed by atoms with Crippen LogP contribution in [0.4, 0.5) is 0 Å². The van der Waals surface area contributed by atoms with Crippen molar-refractivity contribution in [2.45, 2.75) is 24.9 Å². The van der Waals surface area contributed by atoms with Crippen LogP contribution in [-0.4, -0.2) is 34.7 Å². The minimum absolute atomic E-state index is 0.0292. The van der Waals surface area contributed by atoms with E-state index in [1.165, 1.54) is 5.56 Å². The Hall–Kier alpha value is -0.520. The monoisotopic (exact) mass is 271 g/mol. The van der Waals surface area contributed by atoms with Crippen molar-refractivity contribution in [2.75, 3.05) is 18.1 Å². The van der Waals surface area contributed by atoms with Crippen LogP contribution in [-0.2, 0) is 11.2 Å². The molecule has 1 amide bonds. The van der Waals surface area contributed by atoms with Crippen LogP contribution in [0.15, 0.2) is 16.8 Å². The highest BCUT2D eigenvalue weighted by Gasteiger charge is 2.31. The first kappa shape index (κ1) is 12.9. The van der Waals surface area contributed by atoms with Gasteiger partial charge in [-0.3, -0.25) is 4.79 Å². The van der Waals surface area contributed by atoms with E-state index in [1.807, 2.05) is 11.4 Å². The van der Waals surface area contributed by atoms with Crippen LogP contribution < -0.4 is 5.32 Å². The second-order valence-corrected chi connectivity index (χ2v) is 6.32. The van der Waals surface area contributed by atoms with Gasteiger partial charge in [-0.05, 0) is 41.0 Å². The summed E-state index contributed by atoms with van der Waals surface area (Å²) in [7, 11) is 0. The van der Waals surface area contributed by atoms with E-state index in [0.29, 0.717) is 13.0 Å². The maximum Gasteiger partial charge on any atom is 0.220 e. The molecule has 1 saturated heterocycles. The summed E-state index contributed by atoms with van der Waals surface area (Å²) in [5, 5.41) is 17.0. The van der Waals surface area contributed by atoms with E-state index in [2.05, 4.69) is 10.7 Å². The third kappa shape index (κ3) is 4.01. The molecule has 1 fully saturated rings. The number of aliphatic hydroxyl groups is 1. The van der Waals surface area contributed by atoms with Gasteiger partial charge in [-0.2, -0.15) is 23.1 Å². The summed E-state index contributed by atoms with van der Waals surface area (Å²) in [6.07, 6.45) is 2.06. The highest BCUT2D eigenvalue weighted by molar-refractivity contribution is 7.99. The highest BCUT2D eigenvalue weighted by atomic mass is 32.2. The number of thiophene rings is 1. The van der Waals surface area contributed by atoms with Gasteiger partial charge in [0.2, 0.25) is 5.91 Å². The average Bonchev–Trinajstić information content (AvgIpc) is 2.95. The minimum atomic E-state index is -0.678. The molecule has 0 bridgehead atoms. The zero-order chi connectivity index (χ0) is 12.1. The van der Waals surface area contributed by atoms with E-state index in [1.54, 1.807) is 23.1 Å².